The number of ether oxygens (including phenoxy) is 1. The Morgan fingerprint density at radius 3 is 2.70 bits per heavy atom. The zero-order chi connectivity index (χ0) is 13.7. The summed E-state index contributed by atoms with van der Waals surface area (Å²) in [6, 6.07) is 14.6. The lowest BCUT2D eigenvalue weighted by Gasteiger charge is -2.12. The van der Waals surface area contributed by atoms with E-state index in [4.69, 9.17) is 4.74 Å². The zero-order valence-corrected chi connectivity index (χ0v) is 11.3. The molecule has 0 saturated heterocycles. The van der Waals surface area contributed by atoms with Crippen molar-refractivity contribution in [1.29, 1.82) is 0 Å². The first-order chi connectivity index (χ1) is 9.79. The normalized spacial score (nSPS) is 13.9. The summed E-state index contributed by atoms with van der Waals surface area (Å²) in [5, 5.41) is 4.77. The van der Waals surface area contributed by atoms with Gasteiger partial charge in [0.1, 0.15) is 5.75 Å². The van der Waals surface area contributed by atoms with Gasteiger partial charge in [-0.3, -0.25) is 4.79 Å². The third-order valence-corrected chi connectivity index (χ3v) is 4.24. The first-order valence-corrected chi connectivity index (χ1v) is 6.86. The maximum absolute atomic E-state index is 10.0. The van der Waals surface area contributed by atoms with Crippen molar-refractivity contribution < 1.29 is 9.53 Å². The van der Waals surface area contributed by atoms with E-state index < -0.39 is 0 Å². The lowest BCUT2D eigenvalue weighted by atomic mass is 9.95. The van der Waals surface area contributed by atoms with Crippen molar-refractivity contribution in [1.82, 2.24) is 0 Å². The molecule has 3 aromatic rings. The Morgan fingerprint density at radius 1 is 1.00 bits per heavy atom. The quantitative estimate of drug-likeness (QED) is 0.484. The maximum atomic E-state index is 10.0. The van der Waals surface area contributed by atoms with Crippen molar-refractivity contribution in [3.63, 3.8) is 0 Å². The van der Waals surface area contributed by atoms with Crippen molar-refractivity contribution in [2.24, 2.45) is 0 Å². The highest BCUT2D eigenvalue weighted by molar-refractivity contribution is 6.16. The van der Waals surface area contributed by atoms with Crippen LogP contribution >= 0.6 is 0 Å². The fourth-order valence-electron chi connectivity index (χ4n) is 3.29. The summed E-state index contributed by atoms with van der Waals surface area (Å²) in [6.45, 7) is 0. The molecule has 1 aliphatic carbocycles. The second kappa shape index (κ2) is 4.07. The van der Waals surface area contributed by atoms with Crippen molar-refractivity contribution in [3.05, 3.63) is 53.6 Å². The molecule has 2 heteroatoms. The van der Waals surface area contributed by atoms with Gasteiger partial charge in [-0.25, -0.2) is 0 Å². The molecule has 0 fully saturated rings. The van der Waals surface area contributed by atoms with Crippen LogP contribution in [0.5, 0.6) is 5.75 Å². The SMILES string of the molecule is COc1cc2c(c3ccc4ccccc4c13)CCC2=[OH+]. The van der Waals surface area contributed by atoms with Gasteiger partial charge in [0.2, 0.25) is 0 Å². The molecule has 4 rings (SSSR count). The van der Waals surface area contributed by atoms with Crippen LogP contribution in [0.1, 0.15) is 17.5 Å². The summed E-state index contributed by atoms with van der Waals surface area (Å²) in [7, 11) is 1.69. The molecule has 0 bridgehead atoms. The molecular formula is C18H15O2+. The molecule has 2 nitrogen and oxygen atoms in total. The molecule has 0 radical (unpaired) electrons. The lowest BCUT2D eigenvalue weighted by Crippen LogP contribution is -1.96. The van der Waals surface area contributed by atoms with Gasteiger partial charge >= 0.3 is 5.78 Å². The Bertz CT molecular complexity index is 862. The molecular weight excluding hydrogens is 248 g/mol. The minimum absolute atomic E-state index is 0.480. The van der Waals surface area contributed by atoms with Crippen molar-refractivity contribution in [3.8, 4) is 5.75 Å². The number of hydrogen-bond acceptors (Lipinski definition) is 1. The predicted molar refractivity (Wildman–Crippen MR) is 82.4 cm³/mol. The third-order valence-electron chi connectivity index (χ3n) is 4.24. The van der Waals surface area contributed by atoms with E-state index in [1.807, 2.05) is 12.1 Å². The third kappa shape index (κ3) is 1.42. The highest BCUT2D eigenvalue weighted by atomic mass is 16.5. The molecule has 0 saturated carbocycles. The van der Waals surface area contributed by atoms with Crippen LogP contribution in [0.3, 0.4) is 0 Å². The molecule has 0 spiro atoms. The van der Waals surface area contributed by atoms with Crippen molar-refractivity contribution in [2.45, 2.75) is 12.8 Å². The number of rotatable bonds is 1. The monoisotopic (exact) mass is 263 g/mol. The number of carbonyl (C=O) groups excluding carboxylic acids is 1. The molecule has 20 heavy (non-hydrogen) atoms. The second-order valence-corrected chi connectivity index (χ2v) is 5.26. The summed E-state index contributed by atoms with van der Waals surface area (Å²) in [6.07, 6.45) is 1.63. The average molecular weight is 263 g/mol. The topological polar surface area (TPSA) is 30.6 Å². The molecule has 1 aliphatic rings. The second-order valence-electron chi connectivity index (χ2n) is 5.26. The smallest absolute Gasteiger partial charge is 0.324 e. The first kappa shape index (κ1) is 11.5. The lowest BCUT2D eigenvalue weighted by molar-refractivity contribution is 0.420. The van der Waals surface area contributed by atoms with E-state index in [1.54, 1.807) is 7.11 Å². The van der Waals surface area contributed by atoms with Crippen LogP contribution in [0.4, 0.5) is 0 Å². The molecule has 0 aliphatic heterocycles. The summed E-state index contributed by atoms with van der Waals surface area (Å²) < 4.78 is 5.58. The number of methoxy groups -OCH3 is 1. The number of hydrogen-bond donors (Lipinski definition) is 0. The van der Waals surface area contributed by atoms with Gasteiger partial charge in [0.05, 0.1) is 19.1 Å². The van der Waals surface area contributed by atoms with E-state index in [0.717, 1.165) is 29.5 Å². The van der Waals surface area contributed by atoms with Crippen LogP contribution in [-0.2, 0) is 6.42 Å². The first-order valence-electron chi connectivity index (χ1n) is 6.86. The number of aryl methyl sites for hydroxylation is 1. The van der Waals surface area contributed by atoms with Crippen molar-refractivity contribution in [2.75, 3.05) is 7.11 Å². The Kier molecular flexibility index (Phi) is 2.34. The summed E-state index contributed by atoms with van der Waals surface area (Å²) in [4.78, 5) is 10.0. The molecule has 0 heterocycles. The van der Waals surface area contributed by atoms with Crippen LogP contribution in [0.15, 0.2) is 42.5 Å². The molecule has 0 unspecified atom stereocenters. The Morgan fingerprint density at radius 2 is 1.85 bits per heavy atom. The highest BCUT2D eigenvalue weighted by Gasteiger charge is 2.28. The molecule has 0 amide bonds. The standard InChI is InChI=1S/C18H14O2/c1-20-17-10-15-13(8-9-16(15)19)14-7-6-11-4-2-3-5-12(11)18(14)17/h2-7,10H,8-9H2,1H3/p+1. The van der Waals surface area contributed by atoms with Gasteiger partial charge in [-0.15, -0.1) is 0 Å². The van der Waals surface area contributed by atoms with Crippen LogP contribution in [-0.4, -0.2) is 17.7 Å². The van der Waals surface area contributed by atoms with Crippen LogP contribution < -0.4 is 4.74 Å². The molecule has 1 N–H and O–H groups in total. The Labute approximate surface area is 117 Å². The van der Waals surface area contributed by atoms with E-state index >= 15 is 0 Å². The fraction of sp³-hybridized carbons (Fsp3) is 0.167. The summed E-state index contributed by atoms with van der Waals surface area (Å²) in [5.41, 5.74) is 2.19. The minimum Gasteiger partial charge on any atom is -0.496 e. The maximum Gasteiger partial charge on any atom is 0.324 e. The summed E-state index contributed by atoms with van der Waals surface area (Å²) >= 11 is 0. The molecule has 3 aromatic carbocycles. The van der Waals surface area contributed by atoms with Gasteiger partial charge < -0.3 is 4.74 Å². The van der Waals surface area contributed by atoms with E-state index in [2.05, 4.69) is 30.3 Å². The van der Waals surface area contributed by atoms with Gasteiger partial charge in [0.25, 0.3) is 0 Å². The minimum atomic E-state index is 0.480. The van der Waals surface area contributed by atoms with E-state index in [0.29, 0.717) is 5.78 Å². The van der Waals surface area contributed by atoms with Crippen LogP contribution in [0.2, 0.25) is 0 Å². The largest absolute Gasteiger partial charge is 0.496 e. The molecule has 0 aromatic heterocycles. The number of benzene rings is 3. The highest BCUT2D eigenvalue weighted by Crippen LogP contribution is 2.39. The van der Waals surface area contributed by atoms with Gasteiger partial charge in [0, 0.05) is 5.39 Å². The van der Waals surface area contributed by atoms with E-state index in [-0.39, 0.29) is 0 Å². The van der Waals surface area contributed by atoms with Crippen molar-refractivity contribution >= 4 is 27.3 Å². The Balaban J connectivity index is 2.24. The van der Waals surface area contributed by atoms with Gasteiger partial charge in [-0.2, -0.15) is 0 Å². The van der Waals surface area contributed by atoms with Crippen LogP contribution in [0.25, 0.3) is 21.5 Å². The van der Waals surface area contributed by atoms with E-state index in [1.165, 1.54) is 21.7 Å². The van der Waals surface area contributed by atoms with Crippen LogP contribution in [0, 0.1) is 0 Å². The Hall–Kier alpha value is -2.35. The average Bonchev–Trinajstić information content (AvgIpc) is 2.87. The van der Waals surface area contributed by atoms with E-state index in [9.17, 15) is 4.79 Å². The summed E-state index contributed by atoms with van der Waals surface area (Å²) in [5.74, 6) is 1.32. The number of fused-ring (bicyclic) bond motifs is 5. The predicted octanol–water partition coefficient (Wildman–Crippen LogP) is 3.84. The van der Waals surface area contributed by atoms with Gasteiger partial charge in [-0.05, 0) is 34.2 Å². The number of ketones is 1. The zero-order valence-electron chi connectivity index (χ0n) is 11.3. The molecule has 0 atom stereocenters. The van der Waals surface area contributed by atoms with Gasteiger partial charge in [0.15, 0.2) is 0 Å². The fourth-order valence-corrected chi connectivity index (χ4v) is 3.29. The molecule has 98 valence electrons. The van der Waals surface area contributed by atoms with Gasteiger partial charge in [-0.1, -0.05) is 36.4 Å².